The van der Waals surface area contributed by atoms with Gasteiger partial charge in [-0.1, -0.05) is 92.0 Å². The van der Waals surface area contributed by atoms with Gasteiger partial charge in [0.15, 0.2) is 8.56 Å². The molecule has 22 heavy (non-hydrogen) atoms. The molecule has 0 amide bonds. The average molecular weight is 343 g/mol. The molecule has 3 unspecified atom stereocenters. The van der Waals surface area contributed by atoms with E-state index in [1.54, 1.807) is 5.19 Å². The maximum atomic E-state index is 6.64. The third-order valence-electron chi connectivity index (χ3n) is 5.98. The lowest BCUT2D eigenvalue weighted by molar-refractivity contribution is 0.231. The van der Waals surface area contributed by atoms with Crippen LogP contribution in [-0.4, -0.2) is 23.3 Å². The van der Waals surface area contributed by atoms with Crippen LogP contribution in [0, 0.1) is 0 Å². The molecule has 0 bridgehead atoms. The van der Waals surface area contributed by atoms with Gasteiger partial charge in [0.2, 0.25) is 0 Å². The highest BCUT2D eigenvalue weighted by Crippen LogP contribution is 2.40. The Morgan fingerprint density at radius 3 is 2.05 bits per heavy atom. The van der Waals surface area contributed by atoms with E-state index in [1.165, 1.54) is 11.6 Å². The van der Waals surface area contributed by atoms with Crippen LogP contribution < -0.4 is 5.19 Å². The topological polar surface area (TPSA) is 9.23 Å². The molecule has 2 aromatic carbocycles. The van der Waals surface area contributed by atoms with Crippen molar-refractivity contribution in [2.45, 2.75) is 38.3 Å². The van der Waals surface area contributed by atoms with Gasteiger partial charge in [-0.2, -0.15) is 0 Å². The van der Waals surface area contributed by atoms with Crippen LogP contribution >= 0.6 is 0 Å². The van der Waals surface area contributed by atoms with Gasteiger partial charge in [-0.15, -0.1) is 0 Å². The van der Waals surface area contributed by atoms with Crippen molar-refractivity contribution in [3.63, 3.8) is 0 Å². The molecule has 1 heterocycles. The Kier molecular flexibility index (Phi) is 4.29. The monoisotopic (exact) mass is 342 g/mol. The lowest BCUT2D eigenvalue weighted by Crippen LogP contribution is -2.75. The summed E-state index contributed by atoms with van der Waals surface area (Å²) in [6.45, 7) is 10.3. The van der Waals surface area contributed by atoms with Crippen LogP contribution in [0.25, 0.3) is 0 Å². The molecular weight excluding hydrogens is 316 g/mol. The van der Waals surface area contributed by atoms with Crippen molar-refractivity contribution in [2.24, 2.45) is 0 Å². The highest BCUT2D eigenvalue weighted by Gasteiger charge is 2.55. The Balaban J connectivity index is 2.03. The fourth-order valence-corrected chi connectivity index (χ4v) is 29.7. The lowest BCUT2D eigenvalue weighted by Gasteiger charge is -2.51. The van der Waals surface area contributed by atoms with E-state index >= 15 is 0 Å². The molecule has 0 spiro atoms. The Labute approximate surface area is 137 Å². The van der Waals surface area contributed by atoms with E-state index in [1.807, 2.05) is 0 Å². The largest absolute Gasteiger partial charge is 0.417 e. The van der Waals surface area contributed by atoms with Gasteiger partial charge in [0.05, 0.1) is 20.8 Å². The van der Waals surface area contributed by atoms with E-state index in [2.05, 4.69) is 86.9 Å². The molecule has 3 atom stereocenters. The first-order chi connectivity index (χ1) is 10.4. The zero-order valence-corrected chi connectivity index (χ0v) is 17.2. The summed E-state index contributed by atoms with van der Waals surface area (Å²) in [7, 11) is -3.91. The Morgan fingerprint density at radius 2 is 1.45 bits per heavy atom. The molecule has 1 saturated heterocycles. The van der Waals surface area contributed by atoms with Crippen molar-refractivity contribution in [1.29, 1.82) is 0 Å². The summed E-state index contributed by atoms with van der Waals surface area (Å²) in [5, 5.41) is 1.65. The minimum atomic E-state index is -1.47. The SMILES string of the molecule is C[SiH]1OC(c2ccccc2)C[Si](C)(c2ccccc2)[Si]1(C)C. The highest BCUT2D eigenvalue weighted by atomic mass is 29.6. The maximum absolute atomic E-state index is 6.64. The molecule has 1 fully saturated rings. The molecule has 3 rings (SSSR count). The van der Waals surface area contributed by atoms with Crippen LogP contribution in [0.5, 0.6) is 0 Å². The average Bonchev–Trinajstić information content (AvgIpc) is 2.54. The minimum absolute atomic E-state index is 0.320. The third kappa shape index (κ3) is 2.58. The van der Waals surface area contributed by atoms with Gasteiger partial charge < -0.3 is 4.43 Å². The van der Waals surface area contributed by atoms with Crippen LogP contribution in [0.2, 0.25) is 32.2 Å². The Bertz CT molecular complexity index is 629. The van der Waals surface area contributed by atoms with Gasteiger partial charge >= 0.3 is 0 Å². The van der Waals surface area contributed by atoms with E-state index in [4.69, 9.17) is 4.43 Å². The standard InChI is InChI=1S/C18H26OSi3/c1-20-19-18(16-11-7-5-8-12-16)15-22(4,21(20,2)3)17-13-9-6-10-14-17/h5-14,18,20H,15H2,1-4H3. The van der Waals surface area contributed by atoms with Crippen LogP contribution in [-0.2, 0) is 4.43 Å². The van der Waals surface area contributed by atoms with Gasteiger partial charge in [-0.05, 0) is 11.6 Å². The van der Waals surface area contributed by atoms with Crippen LogP contribution in [0.3, 0.4) is 0 Å². The lowest BCUT2D eigenvalue weighted by atomic mass is 10.1. The van der Waals surface area contributed by atoms with Gasteiger partial charge in [0.1, 0.15) is 0 Å². The zero-order chi connectivity index (χ0) is 15.8. The third-order valence-corrected chi connectivity index (χ3v) is 40.3. The second-order valence-corrected chi connectivity index (χ2v) is 31.6. The van der Waals surface area contributed by atoms with Crippen molar-refractivity contribution in [3.8, 4) is 0 Å². The minimum Gasteiger partial charge on any atom is -0.417 e. The summed E-state index contributed by atoms with van der Waals surface area (Å²) in [5.41, 5.74) is 1.38. The molecule has 4 heteroatoms. The molecule has 0 saturated carbocycles. The van der Waals surface area contributed by atoms with Crippen molar-refractivity contribution < 1.29 is 4.43 Å². The quantitative estimate of drug-likeness (QED) is 0.751. The van der Waals surface area contributed by atoms with Crippen molar-refractivity contribution in [1.82, 2.24) is 0 Å². The fourth-order valence-electron chi connectivity index (χ4n) is 3.71. The van der Waals surface area contributed by atoms with Gasteiger partial charge in [-0.25, -0.2) is 0 Å². The number of benzene rings is 2. The van der Waals surface area contributed by atoms with Crippen LogP contribution in [0.4, 0.5) is 0 Å². The zero-order valence-electron chi connectivity index (χ0n) is 14.0. The van der Waals surface area contributed by atoms with E-state index in [-0.39, 0.29) is 0 Å². The van der Waals surface area contributed by atoms with E-state index < -0.39 is 23.3 Å². The molecular formula is C18H26OSi3. The first-order valence-corrected chi connectivity index (χ1v) is 18.4. The molecule has 0 aliphatic carbocycles. The summed E-state index contributed by atoms with van der Waals surface area (Å²) in [5.74, 6) is 0. The summed E-state index contributed by atoms with van der Waals surface area (Å²) >= 11 is 0. The molecule has 1 aliphatic heterocycles. The van der Waals surface area contributed by atoms with Crippen molar-refractivity contribution in [2.75, 3.05) is 0 Å². The van der Waals surface area contributed by atoms with Gasteiger partial charge in [0.25, 0.3) is 0 Å². The predicted molar refractivity (Wildman–Crippen MR) is 103 cm³/mol. The summed E-state index contributed by atoms with van der Waals surface area (Å²) in [6, 6.07) is 23.5. The number of hydrogen-bond donors (Lipinski definition) is 0. The maximum Gasteiger partial charge on any atom is 0.161 e. The first kappa shape index (κ1) is 15.9. The normalized spacial score (nSPS) is 30.9. The number of rotatable bonds is 2. The second-order valence-electron chi connectivity index (χ2n) is 7.30. The smallest absolute Gasteiger partial charge is 0.161 e. The summed E-state index contributed by atoms with van der Waals surface area (Å²) in [4.78, 5) is 0. The molecule has 0 aromatic heterocycles. The van der Waals surface area contributed by atoms with Crippen molar-refractivity contribution in [3.05, 3.63) is 66.2 Å². The van der Waals surface area contributed by atoms with Gasteiger partial charge in [-0.3, -0.25) is 0 Å². The summed E-state index contributed by atoms with van der Waals surface area (Å²) < 4.78 is 6.64. The molecule has 2 aromatic rings. The van der Waals surface area contributed by atoms with E-state index in [9.17, 15) is 0 Å². The molecule has 0 N–H and O–H groups in total. The Morgan fingerprint density at radius 1 is 0.909 bits per heavy atom. The van der Waals surface area contributed by atoms with Crippen molar-refractivity contribution >= 4 is 28.4 Å². The van der Waals surface area contributed by atoms with Gasteiger partial charge in [0, 0.05) is 0 Å². The van der Waals surface area contributed by atoms with E-state index in [0.717, 1.165) is 0 Å². The Hall–Kier alpha value is -0.949. The van der Waals surface area contributed by atoms with E-state index in [0.29, 0.717) is 6.10 Å². The molecule has 1 nitrogen and oxygen atoms in total. The van der Waals surface area contributed by atoms with Crippen LogP contribution in [0.15, 0.2) is 60.7 Å². The molecule has 0 radical (unpaired) electrons. The van der Waals surface area contributed by atoms with Crippen LogP contribution in [0.1, 0.15) is 11.7 Å². The molecule has 116 valence electrons. The number of hydrogen-bond acceptors (Lipinski definition) is 1. The highest BCUT2D eigenvalue weighted by molar-refractivity contribution is 7.66. The fraction of sp³-hybridized carbons (Fsp3) is 0.333. The second kappa shape index (κ2) is 5.92. The first-order valence-electron chi connectivity index (χ1n) is 8.21. The summed E-state index contributed by atoms with van der Waals surface area (Å²) in [6.07, 6.45) is 0.320. The predicted octanol–water partition coefficient (Wildman–Crippen LogP) is 3.96. The molecule has 1 aliphatic rings.